The molecule has 108 valence electrons. The van der Waals surface area contributed by atoms with E-state index in [9.17, 15) is 4.79 Å². The second kappa shape index (κ2) is 5.77. The Hall–Kier alpha value is -2.01. The first-order valence-corrected chi connectivity index (χ1v) is 7.46. The molecule has 0 radical (unpaired) electrons. The highest BCUT2D eigenvalue weighted by molar-refractivity contribution is 9.10. The van der Waals surface area contributed by atoms with Crippen LogP contribution in [0.3, 0.4) is 0 Å². The SMILES string of the molecule is CCc1cc(Br)ccc1NC(=O)c1ccc2c(c1)OCO2. The van der Waals surface area contributed by atoms with Gasteiger partial charge in [-0.05, 0) is 48.4 Å². The molecule has 1 heterocycles. The number of halogens is 1. The molecule has 0 unspecified atom stereocenters. The highest BCUT2D eigenvalue weighted by atomic mass is 79.9. The zero-order valence-corrected chi connectivity index (χ0v) is 13.1. The van der Waals surface area contributed by atoms with Crippen molar-refractivity contribution in [2.24, 2.45) is 0 Å². The fraction of sp³-hybridized carbons (Fsp3) is 0.188. The Labute approximate surface area is 131 Å². The van der Waals surface area contributed by atoms with E-state index in [4.69, 9.17) is 9.47 Å². The van der Waals surface area contributed by atoms with Crippen LogP contribution in [-0.4, -0.2) is 12.7 Å². The Morgan fingerprint density at radius 1 is 1.19 bits per heavy atom. The molecule has 3 rings (SSSR count). The Morgan fingerprint density at radius 2 is 2.00 bits per heavy atom. The van der Waals surface area contributed by atoms with E-state index < -0.39 is 0 Å². The normalized spacial score (nSPS) is 12.3. The monoisotopic (exact) mass is 347 g/mol. The summed E-state index contributed by atoms with van der Waals surface area (Å²) in [4.78, 5) is 12.3. The average Bonchev–Trinajstić information content (AvgIpc) is 2.96. The number of nitrogens with one attached hydrogen (secondary N) is 1. The molecule has 1 amide bonds. The van der Waals surface area contributed by atoms with Crippen LogP contribution in [-0.2, 0) is 6.42 Å². The standard InChI is InChI=1S/C16H14BrNO3/c1-2-10-7-12(17)4-5-13(10)18-16(19)11-3-6-14-15(8-11)21-9-20-14/h3-8H,2,9H2,1H3,(H,18,19). The molecule has 0 fully saturated rings. The minimum Gasteiger partial charge on any atom is -0.454 e. The molecule has 5 heteroatoms. The maximum absolute atomic E-state index is 12.3. The summed E-state index contributed by atoms with van der Waals surface area (Å²) in [6.45, 7) is 2.26. The fourth-order valence-electron chi connectivity index (χ4n) is 2.21. The molecule has 1 N–H and O–H groups in total. The zero-order valence-electron chi connectivity index (χ0n) is 11.5. The van der Waals surface area contributed by atoms with Crippen molar-refractivity contribution in [1.29, 1.82) is 0 Å². The van der Waals surface area contributed by atoms with Crippen molar-refractivity contribution in [2.75, 3.05) is 12.1 Å². The van der Waals surface area contributed by atoms with Crippen LogP contribution in [0.2, 0.25) is 0 Å². The minimum absolute atomic E-state index is 0.162. The lowest BCUT2D eigenvalue weighted by atomic mass is 10.1. The molecule has 0 bridgehead atoms. The first kappa shape index (κ1) is 13.9. The van der Waals surface area contributed by atoms with E-state index in [1.54, 1.807) is 18.2 Å². The quantitative estimate of drug-likeness (QED) is 0.912. The lowest BCUT2D eigenvalue weighted by Gasteiger charge is -2.10. The molecule has 0 saturated heterocycles. The molecule has 0 spiro atoms. The molecule has 0 aliphatic carbocycles. The fourth-order valence-corrected chi connectivity index (χ4v) is 2.62. The highest BCUT2D eigenvalue weighted by Crippen LogP contribution is 2.32. The molecule has 0 atom stereocenters. The number of aryl methyl sites for hydroxylation is 1. The summed E-state index contributed by atoms with van der Waals surface area (Å²) >= 11 is 3.44. The van der Waals surface area contributed by atoms with Gasteiger partial charge in [0.05, 0.1) is 0 Å². The van der Waals surface area contributed by atoms with Gasteiger partial charge in [0, 0.05) is 15.7 Å². The van der Waals surface area contributed by atoms with Crippen LogP contribution in [0, 0.1) is 0 Å². The van der Waals surface area contributed by atoms with Gasteiger partial charge >= 0.3 is 0 Å². The number of benzene rings is 2. The third kappa shape index (κ3) is 2.88. The maximum Gasteiger partial charge on any atom is 0.255 e. The number of hydrogen-bond donors (Lipinski definition) is 1. The van der Waals surface area contributed by atoms with Crippen molar-refractivity contribution >= 4 is 27.5 Å². The van der Waals surface area contributed by atoms with Crippen LogP contribution in [0.15, 0.2) is 40.9 Å². The van der Waals surface area contributed by atoms with Crippen molar-refractivity contribution in [3.05, 3.63) is 52.0 Å². The van der Waals surface area contributed by atoms with E-state index in [-0.39, 0.29) is 12.7 Å². The van der Waals surface area contributed by atoms with Gasteiger partial charge in [0.15, 0.2) is 11.5 Å². The molecule has 21 heavy (non-hydrogen) atoms. The van der Waals surface area contributed by atoms with Gasteiger partial charge < -0.3 is 14.8 Å². The van der Waals surface area contributed by atoms with Gasteiger partial charge in [0.1, 0.15) is 0 Å². The largest absolute Gasteiger partial charge is 0.454 e. The van der Waals surface area contributed by atoms with Gasteiger partial charge in [-0.25, -0.2) is 0 Å². The zero-order chi connectivity index (χ0) is 14.8. The van der Waals surface area contributed by atoms with Gasteiger partial charge in [-0.15, -0.1) is 0 Å². The summed E-state index contributed by atoms with van der Waals surface area (Å²) < 4.78 is 11.5. The lowest BCUT2D eigenvalue weighted by molar-refractivity contribution is 0.102. The van der Waals surface area contributed by atoms with Crippen molar-refractivity contribution in [2.45, 2.75) is 13.3 Å². The predicted molar refractivity (Wildman–Crippen MR) is 84.0 cm³/mol. The van der Waals surface area contributed by atoms with E-state index in [1.807, 2.05) is 18.2 Å². The molecule has 0 saturated carbocycles. The minimum atomic E-state index is -0.162. The Balaban J connectivity index is 1.83. The van der Waals surface area contributed by atoms with E-state index in [1.165, 1.54) is 0 Å². The summed E-state index contributed by atoms with van der Waals surface area (Å²) in [5.41, 5.74) is 2.45. The predicted octanol–water partition coefficient (Wildman–Crippen LogP) is 3.99. The first-order valence-electron chi connectivity index (χ1n) is 6.67. The summed E-state index contributed by atoms with van der Waals surface area (Å²) in [5.74, 6) is 1.11. The summed E-state index contributed by atoms with van der Waals surface area (Å²) in [6.07, 6.45) is 0.843. The number of fused-ring (bicyclic) bond motifs is 1. The maximum atomic E-state index is 12.3. The third-order valence-electron chi connectivity index (χ3n) is 3.33. The van der Waals surface area contributed by atoms with Gasteiger partial charge in [-0.1, -0.05) is 22.9 Å². The number of rotatable bonds is 3. The molecule has 2 aromatic carbocycles. The Kier molecular flexibility index (Phi) is 3.84. The number of carbonyl (C=O) groups excluding carboxylic acids is 1. The van der Waals surface area contributed by atoms with Crippen molar-refractivity contribution in [3.63, 3.8) is 0 Å². The molecular weight excluding hydrogens is 334 g/mol. The van der Waals surface area contributed by atoms with Crippen LogP contribution < -0.4 is 14.8 Å². The number of anilines is 1. The van der Waals surface area contributed by atoms with Crippen molar-refractivity contribution in [3.8, 4) is 11.5 Å². The topological polar surface area (TPSA) is 47.6 Å². The van der Waals surface area contributed by atoms with Gasteiger partial charge in [0.2, 0.25) is 6.79 Å². The van der Waals surface area contributed by atoms with Crippen molar-refractivity contribution < 1.29 is 14.3 Å². The summed E-state index contributed by atoms with van der Waals surface area (Å²) in [6, 6.07) is 11.0. The smallest absolute Gasteiger partial charge is 0.255 e. The number of amides is 1. The van der Waals surface area contributed by atoms with Crippen LogP contribution >= 0.6 is 15.9 Å². The van der Waals surface area contributed by atoms with Crippen molar-refractivity contribution in [1.82, 2.24) is 0 Å². The van der Waals surface area contributed by atoms with Gasteiger partial charge in [0.25, 0.3) is 5.91 Å². The molecule has 1 aliphatic heterocycles. The van der Waals surface area contributed by atoms with Crippen LogP contribution in [0.25, 0.3) is 0 Å². The number of carbonyl (C=O) groups is 1. The lowest BCUT2D eigenvalue weighted by Crippen LogP contribution is -2.13. The molecule has 0 aromatic heterocycles. The van der Waals surface area contributed by atoms with Gasteiger partial charge in [-0.2, -0.15) is 0 Å². The van der Waals surface area contributed by atoms with E-state index >= 15 is 0 Å². The van der Waals surface area contributed by atoms with E-state index in [0.717, 1.165) is 22.1 Å². The Bertz CT molecular complexity index is 700. The average molecular weight is 348 g/mol. The van der Waals surface area contributed by atoms with Crippen LogP contribution in [0.4, 0.5) is 5.69 Å². The highest BCUT2D eigenvalue weighted by Gasteiger charge is 2.16. The molecule has 2 aromatic rings. The summed E-state index contributed by atoms with van der Waals surface area (Å²) in [5, 5.41) is 2.94. The van der Waals surface area contributed by atoms with E-state index in [2.05, 4.69) is 28.2 Å². The van der Waals surface area contributed by atoms with Gasteiger partial charge in [-0.3, -0.25) is 4.79 Å². The van der Waals surface area contributed by atoms with Crippen LogP contribution in [0.1, 0.15) is 22.8 Å². The number of ether oxygens (including phenoxy) is 2. The summed E-state index contributed by atoms with van der Waals surface area (Å²) in [7, 11) is 0. The first-order chi connectivity index (χ1) is 10.2. The van der Waals surface area contributed by atoms with Crippen LogP contribution in [0.5, 0.6) is 11.5 Å². The second-order valence-corrected chi connectivity index (χ2v) is 5.59. The Morgan fingerprint density at radius 3 is 2.81 bits per heavy atom. The molecular formula is C16H14BrNO3. The third-order valence-corrected chi connectivity index (χ3v) is 3.82. The second-order valence-electron chi connectivity index (χ2n) is 4.68. The van der Waals surface area contributed by atoms with E-state index in [0.29, 0.717) is 17.1 Å². The molecule has 1 aliphatic rings. The molecule has 4 nitrogen and oxygen atoms in total. The number of hydrogen-bond acceptors (Lipinski definition) is 3.